The predicted molar refractivity (Wildman–Crippen MR) is 84.2 cm³/mol. The molecule has 3 aromatic rings. The Hall–Kier alpha value is -2.10. The van der Waals surface area contributed by atoms with Crippen molar-refractivity contribution in [3.05, 3.63) is 35.2 Å². The van der Waals surface area contributed by atoms with E-state index < -0.39 is 0 Å². The quantitative estimate of drug-likeness (QED) is 0.712. The third-order valence-electron chi connectivity index (χ3n) is 4.68. The monoisotopic (exact) mass is 280 g/mol. The number of aromatic nitrogens is 4. The van der Waals surface area contributed by atoms with Crippen LogP contribution in [0.1, 0.15) is 37.2 Å². The van der Waals surface area contributed by atoms with Crippen LogP contribution in [0.25, 0.3) is 22.2 Å². The van der Waals surface area contributed by atoms with Gasteiger partial charge in [-0.15, -0.1) is 0 Å². The topological polar surface area (TPSA) is 57.4 Å². The molecular weight excluding hydrogens is 260 g/mol. The maximum atomic E-state index is 4.60. The normalized spacial score (nSPS) is 17.1. The van der Waals surface area contributed by atoms with E-state index in [2.05, 4.69) is 59.4 Å². The first-order chi connectivity index (χ1) is 10.0. The van der Waals surface area contributed by atoms with Crippen LogP contribution in [0.5, 0.6) is 0 Å². The molecule has 0 radical (unpaired) electrons. The molecule has 1 aliphatic rings. The summed E-state index contributed by atoms with van der Waals surface area (Å²) < 4.78 is 0. The average molecular weight is 280 g/mol. The molecule has 0 unspecified atom stereocenters. The Bertz CT molecular complexity index is 823. The van der Waals surface area contributed by atoms with Gasteiger partial charge in [-0.1, -0.05) is 19.9 Å². The summed E-state index contributed by atoms with van der Waals surface area (Å²) in [5.41, 5.74) is 7.51. The smallest absolute Gasteiger partial charge is 0.0955 e. The maximum absolute atomic E-state index is 4.60. The van der Waals surface area contributed by atoms with Crippen LogP contribution in [0.2, 0.25) is 0 Å². The molecule has 0 amide bonds. The first kappa shape index (κ1) is 12.6. The Morgan fingerprint density at radius 2 is 2.00 bits per heavy atom. The minimum Gasteiger partial charge on any atom is -0.282 e. The van der Waals surface area contributed by atoms with Crippen LogP contribution in [0, 0.1) is 12.3 Å². The second-order valence-electron chi connectivity index (χ2n) is 6.95. The summed E-state index contributed by atoms with van der Waals surface area (Å²) in [6.07, 6.45) is 3.42. The molecule has 0 aliphatic heterocycles. The van der Waals surface area contributed by atoms with Gasteiger partial charge in [0, 0.05) is 27.9 Å². The lowest BCUT2D eigenvalue weighted by Crippen LogP contribution is -2.21. The molecule has 21 heavy (non-hydrogen) atoms. The molecule has 0 atom stereocenters. The molecule has 2 aromatic heterocycles. The highest BCUT2D eigenvalue weighted by molar-refractivity contribution is 5.86. The molecule has 4 rings (SSSR count). The molecule has 0 saturated carbocycles. The van der Waals surface area contributed by atoms with Gasteiger partial charge in [0.05, 0.1) is 11.2 Å². The highest BCUT2D eigenvalue weighted by Crippen LogP contribution is 2.38. The summed E-state index contributed by atoms with van der Waals surface area (Å²) in [4.78, 5) is 0. The van der Waals surface area contributed by atoms with E-state index in [9.17, 15) is 0 Å². The first-order valence-corrected chi connectivity index (χ1v) is 7.55. The van der Waals surface area contributed by atoms with E-state index in [-0.39, 0.29) is 0 Å². The number of fused-ring (bicyclic) bond motifs is 2. The predicted octanol–water partition coefficient (Wildman–Crippen LogP) is 3.78. The zero-order valence-electron chi connectivity index (χ0n) is 12.7. The SMILES string of the molecule is Cc1[nH]nc2ccc(-c3n[nH]c4c3CCC(C)(C)C4)cc12. The zero-order valence-corrected chi connectivity index (χ0v) is 12.7. The maximum Gasteiger partial charge on any atom is 0.0955 e. The zero-order chi connectivity index (χ0) is 14.6. The van der Waals surface area contributed by atoms with Crippen LogP contribution in [0.15, 0.2) is 18.2 Å². The van der Waals surface area contributed by atoms with E-state index >= 15 is 0 Å². The molecule has 108 valence electrons. The lowest BCUT2D eigenvalue weighted by Gasteiger charge is -2.29. The van der Waals surface area contributed by atoms with Crippen molar-refractivity contribution in [3.8, 4) is 11.3 Å². The second-order valence-corrected chi connectivity index (χ2v) is 6.95. The van der Waals surface area contributed by atoms with E-state index in [0.29, 0.717) is 5.41 Å². The molecule has 1 aromatic carbocycles. The van der Waals surface area contributed by atoms with E-state index in [4.69, 9.17) is 0 Å². The van der Waals surface area contributed by atoms with Gasteiger partial charge in [-0.25, -0.2) is 0 Å². The standard InChI is InChI=1S/C17H20N4/c1-10-13-8-11(4-5-14(13)19-18-10)16-12-6-7-17(2,3)9-15(12)20-21-16/h4-5,8H,6-7,9H2,1-3H3,(H,18,19)(H,20,21). The summed E-state index contributed by atoms with van der Waals surface area (Å²) in [6, 6.07) is 6.39. The van der Waals surface area contributed by atoms with Gasteiger partial charge in [0.2, 0.25) is 0 Å². The van der Waals surface area contributed by atoms with Gasteiger partial charge in [-0.3, -0.25) is 10.2 Å². The van der Waals surface area contributed by atoms with Crippen LogP contribution in [-0.2, 0) is 12.8 Å². The Balaban J connectivity index is 1.83. The molecule has 1 aliphatic carbocycles. The number of hydrogen-bond acceptors (Lipinski definition) is 2. The summed E-state index contributed by atoms with van der Waals surface area (Å²) in [5.74, 6) is 0. The van der Waals surface area contributed by atoms with Gasteiger partial charge in [-0.2, -0.15) is 10.2 Å². The van der Waals surface area contributed by atoms with Crippen LogP contribution in [0.4, 0.5) is 0 Å². The lowest BCUT2D eigenvalue weighted by molar-refractivity contribution is 0.312. The summed E-state index contributed by atoms with van der Waals surface area (Å²) in [5, 5.41) is 16.4. The molecular formula is C17H20N4. The van der Waals surface area contributed by atoms with E-state index in [0.717, 1.165) is 29.7 Å². The van der Waals surface area contributed by atoms with Gasteiger partial charge >= 0.3 is 0 Å². The molecule has 4 nitrogen and oxygen atoms in total. The van der Waals surface area contributed by atoms with Crippen molar-refractivity contribution in [2.75, 3.05) is 0 Å². The first-order valence-electron chi connectivity index (χ1n) is 7.55. The number of nitrogens with one attached hydrogen (secondary N) is 2. The average Bonchev–Trinajstić information content (AvgIpc) is 3.01. The Morgan fingerprint density at radius 3 is 2.86 bits per heavy atom. The molecule has 0 fully saturated rings. The summed E-state index contributed by atoms with van der Waals surface area (Å²) in [7, 11) is 0. The fraction of sp³-hybridized carbons (Fsp3) is 0.412. The summed E-state index contributed by atoms with van der Waals surface area (Å²) in [6.45, 7) is 6.72. The highest BCUT2D eigenvalue weighted by Gasteiger charge is 2.29. The molecule has 0 saturated heterocycles. The van der Waals surface area contributed by atoms with Crippen molar-refractivity contribution in [1.82, 2.24) is 20.4 Å². The Morgan fingerprint density at radius 1 is 1.14 bits per heavy atom. The van der Waals surface area contributed by atoms with Crippen LogP contribution < -0.4 is 0 Å². The van der Waals surface area contributed by atoms with Gasteiger partial charge < -0.3 is 0 Å². The second kappa shape index (κ2) is 4.20. The minimum absolute atomic E-state index is 0.377. The Kier molecular flexibility index (Phi) is 2.52. The minimum atomic E-state index is 0.377. The van der Waals surface area contributed by atoms with Gasteiger partial charge in [0.25, 0.3) is 0 Å². The molecule has 2 heterocycles. The van der Waals surface area contributed by atoms with Crippen LogP contribution in [0.3, 0.4) is 0 Å². The lowest BCUT2D eigenvalue weighted by atomic mass is 9.76. The fourth-order valence-corrected chi connectivity index (χ4v) is 3.37. The van der Waals surface area contributed by atoms with Gasteiger partial charge in [-0.05, 0) is 43.7 Å². The number of benzene rings is 1. The van der Waals surface area contributed by atoms with E-state index in [1.165, 1.54) is 28.6 Å². The van der Waals surface area contributed by atoms with E-state index in [1.807, 2.05) is 0 Å². The number of nitrogens with zero attached hydrogens (tertiary/aromatic N) is 2. The molecule has 0 spiro atoms. The fourth-order valence-electron chi connectivity index (χ4n) is 3.37. The molecule has 2 N–H and O–H groups in total. The number of hydrogen-bond donors (Lipinski definition) is 2. The highest BCUT2D eigenvalue weighted by atomic mass is 15.1. The van der Waals surface area contributed by atoms with Crippen molar-refractivity contribution in [1.29, 1.82) is 0 Å². The van der Waals surface area contributed by atoms with Crippen molar-refractivity contribution >= 4 is 10.9 Å². The number of H-pyrrole nitrogens is 2. The van der Waals surface area contributed by atoms with Crippen LogP contribution in [-0.4, -0.2) is 20.4 Å². The summed E-state index contributed by atoms with van der Waals surface area (Å²) >= 11 is 0. The van der Waals surface area contributed by atoms with Crippen molar-refractivity contribution in [2.45, 2.75) is 40.0 Å². The van der Waals surface area contributed by atoms with Gasteiger partial charge in [0.1, 0.15) is 0 Å². The largest absolute Gasteiger partial charge is 0.282 e. The third kappa shape index (κ3) is 1.97. The number of aromatic amines is 2. The van der Waals surface area contributed by atoms with Crippen LogP contribution >= 0.6 is 0 Å². The number of rotatable bonds is 1. The molecule has 4 heteroatoms. The Labute approximate surface area is 124 Å². The number of aryl methyl sites for hydroxylation is 1. The van der Waals surface area contributed by atoms with Crippen molar-refractivity contribution in [3.63, 3.8) is 0 Å². The van der Waals surface area contributed by atoms with Crippen molar-refractivity contribution in [2.24, 2.45) is 5.41 Å². The van der Waals surface area contributed by atoms with Crippen molar-refractivity contribution < 1.29 is 0 Å². The van der Waals surface area contributed by atoms with Gasteiger partial charge in [0.15, 0.2) is 0 Å². The van der Waals surface area contributed by atoms with E-state index in [1.54, 1.807) is 0 Å². The third-order valence-corrected chi connectivity index (χ3v) is 4.68. The molecule has 0 bridgehead atoms.